The fourth-order valence-corrected chi connectivity index (χ4v) is 2.32. The van der Waals surface area contributed by atoms with Gasteiger partial charge in [-0.2, -0.15) is 0 Å². The van der Waals surface area contributed by atoms with E-state index >= 15 is 0 Å². The molecule has 0 saturated carbocycles. The second kappa shape index (κ2) is 7.98. The molecule has 0 amide bonds. The number of nitrogens with one attached hydrogen (secondary N) is 1. The van der Waals surface area contributed by atoms with Crippen molar-refractivity contribution in [2.24, 2.45) is 0 Å². The highest BCUT2D eigenvalue weighted by Crippen LogP contribution is 2.34. The maximum absolute atomic E-state index is 12.0. The lowest BCUT2D eigenvalue weighted by molar-refractivity contribution is -0.222. The molecule has 9 nitrogen and oxygen atoms in total. The molecule has 0 unspecified atom stereocenters. The second-order valence-corrected chi connectivity index (χ2v) is 5.90. The number of hydrogen-bond donors (Lipinski definition) is 2. The smallest absolute Gasteiger partial charge is 0.350 e. The molecule has 0 aliphatic carbocycles. The van der Waals surface area contributed by atoms with Crippen LogP contribution in [0.2, 0.25) is 0 Å². The molecule has 27 heavy (non-hydrogen) atoms. The number of esters is 2. The molecule has 1 saturated heterocycles. The summed E-state index contributed by atoms with van der Waals surface area (Å²) in [6.45, 7) is 7.04. The number of carboxylic acid groups (broad SMARTS) is 1. The van der Waals surface area contributed by atoms with Gasteiger partial charge < -0.3 is 29.4 Å². The topological polar surface area (TPSA) is 120 Å². The molecular weight excluding hydrogens is 358 g/mol. The van der Waals surface area contributed by atoms with Gasteiger partial charge >= 0.3 is 17.9 Å². The Morgan fingerprint density at radius 1 is 1.11 bits per heavy atom. The maximum atomic E-state index is 12.0. The zero-order valence-corrected chi connectivity index (χ0v) is 15.5. The molecule has 9 heteroatoms. The van der Waals surface area contributed by atoms with Crippen LogP contribution < -0.4 is 14.8 Å². The van der Waals surface area contributed by atoms with Gasteiger partial charge in [0.25, 0.3) is 5.79 Å². The minimum absolute atomic E-state index is 0.104. The van der Waals surface area contributed by atoms with E-state index in [-0.39, 0.29) is 17.0 Å². The van der Waals surface area contributed by atoms with Crippen molar-refractivity contribution in [1.82, 2.24) is 0 Å². The Labute approximate surface area is 155 Å². The summed E-state index contributed by atoms with van der Waals surface area (Å²) in [5, 5.41) is 12.1. The summed E-state index contributed by atoms with van der Waals surface area (Å²) in [5.41, 5.74) is -0.415. The fourth-order valence-electron chi connectivity index (χ4n) is 2.32. The standard InChI is InChI=1S/C18H21NO8/c1-5-24-13-7-10(15(20)21)12(8-14(13)25-6-2)19-9-11-16(22)26-18(3,4)27-17(11)23/h7-9,19H,5-6H2,1-4H3,(H,20,21). The average Bonchev–Trinajstić information content (AvgIpc) is 2.55. The van der Waals surface area contributed by atoms with Crippen LogP contribution >= 0.6 is 0 Å². The van der Waals surface area contributed by atoms with Gasteiger partial charge in [0, 0.05) is 32.2 Å². The summed E-state index contributed by atoms with van der Waals surface area (Å²) in [4.78, 5) is 35.5. The first kappa shape index (κ1) is 20.1. The Kier molecular flexibility index (Phi) is 5.94. The zero-order valence-electron chi connectivity index (χ0n) is 15.5. The van der Waals surface area contributed by atoms with Gasteiger partial charge in [-0.3, -0.25) is 0 Å². The third-order valence-corrected chi connectivity index (χ3v) is 3.40. The molecule has 1 aliphatic heterocycles. The highest BCUT2D eigenvalue weighted by atomic mass is 16.7. The number of cyclic esters (lactones) is 2. The molecule has 0 radical (unpaired) electrons. The number of anilines is 1. The number of ether oxygens (including phenoxy) is 4. The van der Waals surface area contributed by atoms with Crippen molar-refractivity contribution in [3.05, 3.63) is 29.5 Å². The van der Waals surface area contributed by atoms with Gasteiger partial charge in [-0.05, 0) is 13.8 Å². The molecule has 1 fully saturated rings. The molecule has 0 atom stereocenters. The van der Waals surface area contributed by atoms with E-state index < -0.39 is 29.3 Å². The van der Waals surface area contributed by atoms with E-state index in [1.165, 1.54) is 26.0 Å². The Bertz CT molecular complexity index is 775. The van der Waals surface area contributed by atoms with Gasteiger partial charge in [-0.15, -0.1) is 0 Å². The zero-order chi connectivity index (χ0) is 20.2. The molecule has 2 rings (SSSR count). The second-order valence-electron chi connectivity index (χ2n) is 5.90. The number of carboxylic acids is 1. The summed E-state index contributed by atoms with van der Waals surface area (Å²) in [6.07, 6.45) is 1.04. The SMILES string of the molecule is CCOc1cc(NC=C2C(=O)OC(C)(C)OC2=O)c(C(=O)O)cc1OCC. The lowest BCUT2D eigenvalue weighted by Gasteiger charge is -2.29. The van der Waals surface area contributed by atoms with E-state index in [2.05, 4.69) is 5.32 Å². The molecule has 1 aromatic rings. The van der Waals surface area contributed by atoms with E-state index in [9.17, 15) is 19.5 Å². The summed E-state index contributed by atoms with van der Waals surface area (Å²) < 4.78 is 20.8. The first-order valence-electron chi connectivity index (χ1n) is 8.28. The van der Waals surface area contributed by atoms with E-state index in [1.54, 1.807) is 13.8 Å². The minimum atomic E-state index is -1.36. The van der Waals surface area contributed by atoms with Crippen LogP contribution in [0.15, 0.2) is 23.9 Å². The van der Waals surface area contributed by atoms with Crippen molar-refractivity contribution in [1.29, 1.82) is 0 Å². The summed E-state index contributed by atoms with van der Waals surface area (Å²) in [7, 11) is 0. The number of aromatic carboxylic acids is 1. The Hall–Kier alpha value is -3.23. The summed E-state index contributed by atoms with van der Waals surface area (Å²) in [5.74, 6) is -3.75. The largest absolute Gasteiger partial charge is 0.490 e. The van der Waals surface area contributed by atoms with Crippen LogP contribution in [-0.2, 0) is 19.1 Å². The van der Waals surface area contributed by atoms with Crippen molar-refractivity contribution in [2.75, 3.05) is 18.5 Å². The first-order chi connectivity index (χ1) is 12.7. The maximum Gasteiger partial charge on any atom is 0.350 e. The van der Waals surface area contributed by atoms with Crippen LogP contribution in [0.4, 0.5) is 5.69 Å². The van der Waals surface area contributed by atoms with Gasteiger partial charge in [0.05, 0.1) is 24.5 Å². The Morgan fingerprint density at radius 3 is 2.11 bits per heavy atom. The highest BCUT2D eigenvalue weighted by molar-refractivity contribution is 6.15. The van der Waals surface area contributed by atoms with Crippen LogP contribution in [0.25, 0.3) is 0 Å². The molecule has 2 N–H and O–H groups in total. The lowest BCUT2D eigenvalue weighted by Crippen LogP contribution is -2.42. The quantitative estimate of drug-likeness (QED) is 0.417. The monoisotopic (exact) mass is 379 g/mol. The number of hydrogen-bond acceptors (Lipinski definition) is 8. The van der Waals surface area contributed by atoms with Crippen LogP contribution in [0.3, 0.4) is 0 Å². The molecule has 0 bridgehead atoms. The van der Waals surface area contributed by atoms with Crippen LogP contribution in [-0.4, -0.2) is 42.0 Å². The predicted octanol–water partition coefficient (Wildman–Crippen LogP) is 2.31. The van der Waals surface area contributed by atoms with Crippen LogP contribution in [0.1, 0.15) is 38.1 Å². The van der Waals surface area contributed by atoms with Crippen LogP contribution in [0, 0.1) is 0 Å². The molecule has 1 aromatic carbocycles. The molecule has 146 valence electrons. The van der Waals surface area contributed by atoms with Crippen LogP contribution in [0.5, 0.6) is 11.5 Å². The molecule has 0 spiro atoms. The van der Waals surface area contributed by atoms with Crippen molar-refractivity contribution in [3.63, 3.8) is 0 Å². The third-order valence-electron chi connectivity index (χ3n) is 3.40. The molecular formula is C18H21NO8. The minimum Gasteiger partial charge on any atom is -0.490 e. The first-order valence-corrected chi connectivity index (χ1v) is 8.28. The highest BCUT2D eigenvalue weighted by Gasteiger charge is 2.39. The summed E-state index contributed by atoms with van der Waals surface area (Å²) >= 11 is 0. The predicted molar refractivity (Wildman–Crippen MR) is 93.7 cm³/mol. The molecule has 1 aliphatic rings. The lowest BCUT2D eigenvalue weighted by atomic mass is 10.1. The van der Waals surface area contributed by atoms with Gasteiger partial charge in [-0.25, -0.2) is 14.4 Å². The van der Waals surface area contributed by atoms with Gasteiger partial charge in [0.15, 0.2) is 17.1 Å². The van der Waals surface area contributed by atoms with Gasteiger partial charge in [-0.1, -0.05) is 0 Å². The fraction of sp³-hybridized carbons (Fsp3) is 0.389. The molecule has 1 heterocycles. The number of benzene rings is 1. The Balaban J connectivity index is 2.39. The normalized spacial score (nSPS) is 15.5. The van der Waals surface area contributed by atoms with Gasteiger partial charge in [0.1, 0.15) is 0 Å². The molecule has 0 aromatic heterocycles. The van der Waals surface area contributed by atoms with E-state index in [1.807, 2.05) is 0 Å². The number of carbonyl (C=O) groups is 3. The number of carbonyl (C=O) groups excluding carboxylic acids is 2. The van der Waals surface area contributed by atoms with E-state index in [0.29, 0.717) is 19.0 Å². The number of rotatable bonds is 7. The van der Waals surface area contributed by atoms with E-state index in [0.717, 1.165) is 6.20 Å². The van der Waals surface area contributed by atoms with Crippen molar-refractivity contribution in [3.8, 4) is 11.5 Å². The summed E-state index contributed by atoms with van der Waals surface area (Å²) in [6, 6.07) is 2.72. The van der Waals surface area contributed by atoms with E-state index in [4.69, 9.17) is 18.9 Å². The van der Waals surface area contributed by atoms with Gasteiger partial charge in [0.2, 0.25) is 0 Å². The Morgan fingerprint density at radius 2 is 1.63 bits per heavy atom. The third kappa shape index (κ3) is 4.69. The van der Waals surface area contributed by atoms with Crippen molar-refractivity contribution >= 4 is 23.6 Å². The van der Waals surface area contributed by atoms with Crippen molar-refractivity contribution < 1.29 is 38.4 Å². The average molecular weight is 379 g/mol. The van der Waals surface area contributed by atoms with Crippen molar-refractivity contribution in [2.45, 2.75) is 33.5 Å².